The average Bonchev–Trinajstić information content (AvgIpc) is 3.28. The standard InChI is InChI=1S/C23H21N3O2S/c1-2-3-15-28-19-12-9-18(10-13-19)16-20-22(27)26-23(29-20)24-21(25-26)14-11-17-7-5-4-6-8-17/h4-14,16H,2-3,15H2,1H3/b14-11+,20-16-. The van der Waals surface area contributed by atoms with Gasteiger partial charge in [-0.25, -0.2) is 0 Å². The normalized spacial score (nSPS) is 12.2. The third-order valence-corrected chi connectivity index (χ3v) is 5.33. The highest BCUT2D eigenvalue weighted by atomic mass is 32.1. The number of hydrogen-bond donors (Lipinski definition) is 0. The van der Waals surface area contributed by atoms with Crippen molar-refractivity contribution >= 4 is 34.5 Å². The molecule has 2 aromatic heterocycles. The van der Waals surface area contributed by atoms with Crippen molar-refractivity contribution in [1.82, 2.24) is 14.6 Å². The number of nitrogens with zero attached hydrogens (tertiary/aromatic N) is 3. The van der Waals surface area contributed by atoms with E-state index >= 15 is 0 Å². The molecule has 146 valence electrons. The molecular formula is C23H21N3O2S. The summed E-state index contributed by atoms with van der Waals surface area (Å²) < 4.78 is 7.65. The molecule has 0 unspecified atom stereocenters. The predicted octanol–water partition coefficient (Wildman–Crippen LogP) is 4.05. The monoisotopic (exact) mass is 403 g/mol. The van der Waals surface area contributed by atoms with E-state index < -0.39 is 0 Å². The molecule has 0 spiro atoms. The average molecular weight is 404 g/mol. The lowest BCUT2D eigenvalue weighted by Gasteiger charge is -2.04. The first-order valence-electron chi connectivity index (χ1n) is 9.60. The zero-order valence-electron chi connectivity index (χ0n) is 16.1. The summed E-state index contributed by atoms with van der Waals surface area (Å²) in [6.07, 6.45) is 7.75. The van der Waals surface area contributed by atoms with Gasteiger partial charge in [-0.2, -0.15) is 9.50 Å². The first-order valence-corrected chi connectivity index (χ1v) is 10.4. The minimum atomic E-state index is -0.153. The Hall–Kier alpha value is -3.25. The SMILES string of the molecule is CCCCOc1ccc(/C=c2\sc3nc(/C=C/c4ccccc4)nn3c2=O)cc1. The molecule has 0 saturated carbocycles. The van der Waals surface area contributed by atoms with Crippen molar-refractivity contribution in [2.24, 2.45) is 0 Å². The molecule has 29 heavy (non-hydrogen) atoms. The fourth-order valence-electron chi connectivity index (χ4n) is 2.80. The van der Waals surface area contributed by atoms with Gasteiger partial charge in [-0.05, 0) is 41.8 Å². The Kier molecular flexibility index (Phi) is 5.81. The molecule has 4 aromatic rings. The van der Waals surface area contributed by atoms with Gasteiger partial charge in [-0.3, -0.25) is 4.79 Å². The maximum absolute atomic E-state index is 12.7. The molecule has 0 aliphatic heterocycles. The van der Waals surface area contributed by atoms with Crippen LogP contribution in [0.15, 0.2) is 59.4 Å². The summed E-state index contributed by atoms with van der Waals surface area (Å²) in [6, 6.07) is 17.7. The summed E-state index contributed by atoms with van der Waals surface area (Å²) in [6.45, 7) is 2.86. The van der Waals surface area contributed by atoms with E-state index in [4.69, 9.17) is 4.74 Å². The highest BCUT2D eigenvalue weighted by Gasteiger charge is 2.08. The Morgan fingerprint density at radius 1 is 1.03 bits per heavy atom. The molecule has 0 saturated heterocycles. The molecule has 0 amide bonds. The number of thiazole rings is 1. The third-order valence-electron chi connectivity index (χ3n) is 4.37. The maximum Gasteiger partial charge on any atom is 0.291 e. The van der Waals surface area contributed by atoms with Crippen molar-refractivity contribution in [3.8, 4) is 5.75 Å². The van der Waals surface area contributed by atoms with Gasteiger partial charge >= 0.3 is 0 Å². The second kappa shape index (κ2) is 8.84. The number of ether oxygens (including phenoxy) is 1. The highest BCUT2D eigenvalue weighted by Crippen LogP contribution is 2.13. The molecule has 0 aliphatic rings. The summed E-state index contributed by atoms with van der Waals surface area (Å²) in [5.41, 5.74) is 1.85. The maximum atomic E-state index is 12.7. The second-order valence-electron chi connectivity index (χ2n) is 6.60. The van der Waals surface area contributed by atoms with Gasteiger partial charge in [0, 0.05) is 0 Å². The lowest BCUT2D eigenvalue weighted by Crippen LogP contribution is -2.23. The van der Waals surface area contributed by atoms with Crippen LogP contribution in [0, 0.1) is 0 Å². The van der Waals surface area contributed by atoms with Crippen LogP contribution in [0.1, 0.15) is 36.7 Å². The van der Waals surface area contributed by atoms with Crippen molar-refractivity contribution in [1.29, 1.82) is 0 Å². The highest BCUT2D eigenvalue weighted by molar-refractivity contribution is 7.15. The van der Waals surface area contributed by atoms with Gasteiger partial charge in [-0.1, -0.05) is 73.2 Å². The molecule has 0 bridgehead atoms. The number of aromatic nitrogens is 3. The van der Waals surface area contributed by atoms with Gasteiger partial charge < -0.3 is 4.74 Å². The molecule has 0 atom stereocenters. The number of hydrogen-bond acceptors (Lipinski definition) is 5. The van der Waals surface area contributed by atoms with Crippen LogP contribution in [-0.4, -0.2) is 21.2 Å². The van der Waals surface area contributed by atoms with Crippen molar-refractivity contribution in [2.45, 2.75) is 19.8 Å². The number of fused-ring (bicyclic) bond motifs is 1. The summed E-state index contributed by atoms with van der Waals surface area (Å²) in [5.74, 6) is 1.37. The fraction of sp³-hybridized carbons (Fsp3) is 0.174. The molecule has 2 heterocycles. The van der Waals surface area contributed by atoms with Gasteiger partial charge in [0.05, 0.1) is 11.1 Å². The van der Waals surface area contributed by atoms with Crippen LogP contribution in [-0.2, 0) is 0 Å². The van der Waals surface area contributed by atoms with Crippen molar-refractivity contribution in [3.05, 3.63) is 86.4 Å². The van der Waals surface area contributed by atoms with E-state index in [0.717, 1.165) is 36.3 Å². The van der Waals surface area contributed by atoms with E-state index in [0.29, 0.717) is 15.3 Å². The number of benzene rings is 2. The van der Waals surface area contributed by atoms with Crippen molar-refractivity contribution < 1.29 is 4.74 Å². The molecule has 5 nitrogen and oxygen atoms in total. The van der Waals surface area contributed by atoms with Crippen LogP contribution in [0.4, 0.5) is 0 Å². The van der Waals surface area contributed by atoms with Crippen LogP contribution >= 0.6 is 11.3 Å². The smallest absolute Gasteiger partial charge is 0.291 e. The first kappa shape index (κ1) is 19.1. The molecular weight excluding hydrogens is 382 g/mol. The largest absolute Gasteiger partial charge is 0.494 e. The Morgan fingerprint density at radius 3 is 2.55 bits per heavy atom. The zero-order chi connectivity index (χ0) is 20.1. The van der Waals surface area contributed by atoms with Gasteiger partial charge in [0.2, 0.25) is 4.96 Å². The third kappa shape index (κ3) is 4.60. The van der Waals surface area contributed by atoms with Crippen molar-refractivity contribution in [3.63, 3.8) is 0 Å². The Labute approximate surface area is 172 Å². The van der Waals surface area contributed by atoms with Gasteiger partial charge in [0.25, 0.3) is 5.56 Å². The van der Waals surface area contributed by atoms with E-state index in [2.05, 4.69) is 17.0 Å². The summed E-state index contributed by atoms with van der Waals surface area (Å²) in [4.78, 5) is 17.7. The van der Waals surface area contributed by atoms with E-state index in [1.807, 2.05) is 72.8 Å². The summed E-state index contributed by atoms with van der Waals surface area (Å²) in [5, 5.41) is 4.32. The van der Waals surface area contributed by atoms with E-state index in [9.17, 15) is 4.79 Å². The first-order chi connectivity index (χ1) is 14.2. The van der Waals surface area contributed by atoms with E-state index in [1.165, 1.54) is 15.9 Å². The minimum Gasteiger partial charge on any atom is -0.494 e. The van der Waals surface area contributed by atoms with Crippen LogP contribution in [0.2, 0.25) is 0 Å². The Balaban J connectivity index is 1.54. The van der Waals surface area contributed by atoms with Crippen LogP contribution in [0.3, 0.4) is 0 Å². The predicted molar refractivity (Wildman–Crippen MR) is 118 cm³/mol. The second-order valence-corrected chi connectivity index (χ2v) is 7.60. The number of unbranched alkanes of at least 4 members (excludes halogenated alkanes) is 1. The molecule has 0 N–H and O–H groups in total. The van der Waals surface area contributed by atoms with Gasteiger partial charge in [0.15, 0.2) is 5.82 Å². The lowest BCUT2D eigenvalue weighted by molar-refractivity contribution is 0.309. The van der Waals surface area contributed by atoms with E-state index in [1.54, 1.807) is 0 Å². The topological polar surface area (TPSA) is 56.5 Å². The molecule has 0 radical (unpaired) electrons. The van der Waals surface area contributed by atoms with Crippen LogP contribution in [0.5, 0.6) is 5.75 Å². The van der Waals surface area contributed by atoms with Crippen LogP contribution in [0.25, 0.3) is 23.2 Å². The van der Waals surface area contributed by atoms with Crippen LogP contribution < -0.4 is 14.8 Å². The lowest BCUT2D eigenvalue weighted by atomic mass is 10.2. The van der Waals surface area contributed by atoms with Crippen molar-refractivity contribution in [2.75, 3.05) is 6.61 Å². The zero-order valence-corrected chi connectivity index (χ0v) is 16.9. The Bertz CT molecular complexity index is 1230. The minimum absolute atomic E-state index is 0.153. The number of rotatable bonds is 7. The quantitative estimate of drug-likeness (QED) is 0.437. The summed E-state index contributed by atoms with van der Waals surface area (Å²) in [7, 11) is 0. The van der Waals surface area contributed by atoms with E-state index in [-0.39, 0.29) is 5.56 Å². The Morgan fingerprint density at radius 2 is 1.83 bits per heavy atom. The fourth-order valence-corrected chi connectivity index (χ4v) is 3.72. The van der Waals surface area contributed by atoms with Gasteiger partial charge in [-0.15, -0.1) is 5.10 Å². The molecule has 6 heteroatoms. The molecule has 2 aromatic carbocycles. The summed E-state index contributed by atoms with van der Waals surface area (Å²) >= 11 is 1.34. The molecule has 0 aliphatic carbocycles. The van der Waals surface area contributed by atoms with Gasteiger partial charge in [0.1, 0.15) is 5.75 Å². The molecule has 4 rings (SSSR count). The molecule has 0 fully saturated rings.